The van der Waals surface area contributed by atoms with Crippen LogP contribution in [0.2, 0.25) is 0 Å². The van der Waals surface area contributed by atoms with Crippen molar-refractivity contribution in [2.75, 3.05) is 5.32 Å². The number of hydrogen-bond donors (Lipinski definition) is 2. The molecule has 1 aliphatic carbocycles. The molecule has 1 aliphatic rings. The zero-order chi connectivity index (χ0) is 30.4. The molecule has 2 atom stereocenters. The van der Waals surface area contributed by atoms with Gasteiger partial charge in [-0.3, -0.25) is 0 Å². The second-order valence-electron chi connectivity index (χ2n) is 11.2. The lowest BCUT2D eigenvalue weighted by Crippen LogP contribution is -2.25. The fourth-order valence-corrected chi connectivity index (χ4v) is 5.14. The van der Waals surface area contributed by atoms with Crippen molar-refractivity contribution < 1.29 is 18.3 Å². The Bertz CT molecular complexity index is 1790. The number of fused-ring (bicyclic) bond motifs is 1. The maximum absolute atomic E-state index is 13.3. The molecule has 13 heteroatoms. The van der Waals surface area contributed by atoms with E-state index in [1.54, 1.807) is 48.2 Å². The maximum Gasteiger partial charge on any atom is 0.434 e. The fourth-order valence-electron chi connectivity index (χ4n) is 5.14. The number of hydrogen-bond acceptors (Lipinski definition) is 8. The predicted octanol–water partition coefficient (Wildman–Crippen LogP) is 5.84. The highest BCUT2D eigenvalue weighted by Gasteiger charge is 2.35. The molecule has 2 unspecified atom stereocenters. The second kappa shape index (κ2) is 10.9. The highest BCUT2D eigenvalue weighted by Crippen LogP contribution is 2.36. The summed E-state index contributed by atoms with van der Waals surface area (Å²) in [6.45, 7) is 5.80. The molecule has 0 spiro atoms. The molecule has 1 aromatic carbocycles. The molecular formula is C30H30F3N9O. The van der Waals surface area contributed by atoms with Crippen molar-refractivity contribution in [2.24, 2.45) is 0 Å². The first-order chi connectivity index (χ1) is 20.5. The van der Waals surface area contributed by atoms with Gasteiger partial charge in [0.1, 0.15) is 12.2 Å². The molecule has 0 fully saturated rings. The van der Waals surface area contributed by atoms with Gasteiger partial charge in [-0.2, -0.15) is 13.2 Å². The molecular weight excluding hydrogens is 559 g/mol. The second-order valence-corrected chi connectivity index (χ2v) is 11.2. The minimum Gasteiger partial charge on any atom is -0.386 e. The van der Waals surface area contributed by atoms with Crippen LogP contribution < -0.4 is 5.32 Å². The molecule has 43 heavy (non-hydrogen) atoms. The molecule has 10 nitrogen and oxygen atoms in total. The van der Waals surface area contributed by atoms with Crippen LogP contribution in [0.5, 0.6) is 0 Å². The van der Waals surface area contributed by atoms with Crippen LogP contribution in [0.15, 0.2) is 67.5 Å². The van der Waals surface area contributed by atoms with Gasteiger partial charge in [-0.15, -0.1) is 5.10 Å². The Kier molecular flexibility index (Phi) is 7.20. The van der Waals surface area contributed by atoms with Gasteiger partial charge in [-0.1, -0.05) is 36.4 Å². The van der Waals surface area contributed by atoms with E-state index in [-0.39, 0.29) is 17.8 Å². The van der Waals surface area contributed by atoms with Crippen molar-refractivity contribution in [3.05, 3.63) is 84.5 Å². The summed E-state index contributed by atoms with van der Waals surface area (Å²) in [5.41, 5.74) is 1.71. The first kappa shape index (κ1) is 28.5. The van der Waals surface area contributed by atoms with Gasteiger partial charge in [0.15, 0.2) is 23.0 Å². The van der Waals surface area contributed by atoms with Gasteiger partial charge in [-0.25, -0.2) is 29.4 Å². The largest absolute Gasteiger partial charge is 0.434 e. The van der Waals surface area contributed by atoms with Crippen molar-refractivity contribution in [1.82, 2.24) is 39.1 Å². The first-order valence-electron chi connectivity index (χ1n) is 13.9. The lowest BCUT2D eigenvalue weighted by molar-refractivity contribution is -0.140. The number of alkyl halides is 3. The van der Waals surface area contributed by atoms with Crippen molar-refractivity contribution in [3.8, 4) is 22.8 Å². The third kappa shape index (κ3) is 5.85. The SMILES string of the molecule is CC(C)n1cc(C(F)(F)F)nc1-c1ccc(CNc2nc(-c3cncnc3C3C=CC(C)(O)CC3)nn3ccnc23)cc1. The summed E-state index contributed by atoms with van der Waals surface area (Å²) >= 11 is 0. The maximum atomic E-state index is 13.3. The van der Waals surface area contributed by atoms with Crippen molar-refractivity contribution in [1.29, 1.82) is 0 Å². The number of halogens is 3. The van der Waals surface area contributed by atoms with Crippen LogP contribution in [0.3, 0.4) is 0 Å². The van der Waals surface area contributed by atoms with Crippen LogP contribution >= 0.6 is 0 Å². The normalized spacial score (nSPS) is 18.9. The minimum absolute atomic E-state index is 0.0197. The van der Waals surface area contributed by atoms with E-state index >= 15 is 0 Å². The molecule has 0 saturated carbocycles. The zero-order valence-electron chi connectivity index (χ0n) is 23.8. The van der Waals surface area contributed by atoms with Gasteiger partial charge in [0.25, 0.3) is 0 Å². The van der Waals surface area contributed by atoms with Gasteiger partial charge in [-0.05, 0) is 39.2 Å². The van der Waals surface area contributed by atoms with Gasteiger partial charge in [0, 0.05) is 48.9 Å². The van der Waals surface area contributed by atoms with E-state index in [4.69, 9.17) is 4.98 Å². The van der Waals surface area contributed by atoms with Crippen LogP contribution in [0.25, 0.3) is 28.4 Å². The molecule has 0 saturated heterocycles. The minimum atomic E-state index is -4.52. The van der Waals surface area contributed by atoms with Crippen LogP contribution in [-0.2, 0) is 12.7 Å². The number of nitrogens with one attached hydrogen (secondary N) is 1. The molecule has 0 aliphatic heterocycles. The highest BCUT2D eigenvalue weighted by molar-refractivity contribution is 5.67. The zero-order valence-corrected chi connectivity index (χ0v) is 23.8. The number of aliphatic hydroxyl groups is 1. The summed E-state index contributed by atoms with van der Waals surface area (Å²) in [6.07, 6.45) is 8.17. The van der Waals surface area contributed by atoms with Crippen molar-refractivity contribution in [2.45, 2.75) is 63.9 Å². The number of anilines is 1. The molecule has 0 bridgehead atoms. The van der Waals surface area contributed by atoms with Gasteiger partial charge in [0.05, 0.1) is 16.9 Å². The standard InChI is InChI=1S/C30H30F3N9O/c1-18(2)41-16-23(30(31,32)33)38-27(41)21-6-4-19(5-7-21)14-36-26-28-35-12-13-42(28)40-25(39-26)22-15-34-17-37-24(22)20-8-10-29(3,43)11-9-20/h4-8,10,12-13,15-18,20,43H,9,11,14H2,1-3H3,(H,36,39,40). The molecule has 2 N–H and O–H groups in total. The van der Waals surface area contributed by atoms with E-state index in [0.29, 0.717) is 41.4 Å². The summed E-state index contributed by atoms with van der Waals surface area (Å²) in [6, 6.07) is 7.01. The van der Waals surface area contributed by atoms with E-state index in [9.17, 15) is 18.3 Å². The monoisotopic (exact) mass is 589 g/mol. The number of nitrogens with zero attached hydrogens (tertiary/aromatic N) is 8. The lowest BCUT2D eigenvalue weighted by Gasteiger charge is -2.27. The summed E-state index contributed by atoms with van der Waals surface area (Å²) < 4.78 is 43.2. The van der Waals surface area contributed by atoms with E-state index in [0.717, 1.165) is 23.9 Å². The Hall–Kier alpha value is -4.65. The Morgan fingerprint density at radius 3 is 2.63 bits per heavy atom. The summed E-state index contributed by atoms with van der Waals surface area (Å²) in [4.78, 5) is 21.8. The van der Waals surface area contributed by atoms with E-state index < -0.39 is 17.5 Å². The average Bonchev–Trinajstić information content (AvgIpc) is 3.64. The number of imidazole rings is 2. The van der Waals surface area contributed by atoms with Crippen LogP contribution in [-0.4, -0.2) is 49.8 Å². The van der Waals surface area contributed by atoms with Crippen molar-refractivity contribution in [3.63, 3.8) is 0 Å². The fraction of sp³-hybridized carbons (Fsp3) is 0.333. The number of aromatic nitrogens is 8. The Balaban J connectivity index is 1.26. The van der Waals surface area contributed by atoms with E-state index in [1.165, 1.54) is 10.9 Å². The number of benzene rings is 1. The first-order valence-corrected chi connectivity index (χ1v) is 13.9. The highest BCUT2D eigenvalue weighted by atomic mass is 19.4. The Morgan fingerprint density at radius 2 is 1.93 bits per heavy atom. The smallest absolute Gasteiger partial charge is 0.386 e. The number of rotatable bonds is 7. The molecule has 4 heterocycles. The quantitative estimate of drug-likeness (QED) is 0.227. The van der Waals surface area contributed by atoms with Crippen LogP contribution in [0.4, 0.5) is 19.0 Å². The molecule has 5 aromatic rings. The number of allylic oxidation sites excluding steroid dienone is 1. The van der Waals surface area contributed by atoms with Gasteiger partial charge >= 0.3 is 6.18 Å². The topological polar surface area (TPSA) is 119 Å². The Morgan fingerprint density at radius 1 is 1.14 bits per heavy atom. The lowest BCUT2D eigenvalue weighted by atomic mass is 9.83. The van der Waals surface area contributed by atoms with Gasteiger partial charge < -0.3 is 15.0 Å². The van der Waals surface area contributed by atoms with E-state index in [1.807, 2.05) is 32.1 Å². The molecule has 222 valence electrons. The molecule has 0 radical (unpaired) electrons. The summed E-state index contributed by atoms with van der Waals surface area (Å²) in [5, 5.41) is 18.3. The molecule has 4 aromatic heterocycles. The van der Waals surface area contributed by atoms with Gasteiger partial charge in [0.2, 0.25) is 0 Å². The molecule has 6 rings (SSSR count). The third-order valence-corrected chi connectivity index (χ3v) is 7.49. The van der Waals surface area contributed by atoms with Crippen molar-refractivity contribution >= 4 is 11.5 Å². The van der Waals surface area contributed by atoms with Crippen LogP contribution in [0, 0.1) is 0 Å². The predicted molar refractivity (Wildman–Crippen MR) is 154 cm³/mol. The summed E-state index contributed by atoms with van der Waals surface area (Å²) in [7, 11) is 0. The average molecular weight is 590 g/mol. The third-order valence-electron chi connectivity index (χ3n) is 7.49. The van der Waals surface area contributed by atoms with E-state index in [2.05, 4.69) is 30.4 Å². The molecule has 0 amide bonds. The van der Waals surface area contributed by atoms with Crippen LogP contribution in [0.1, 0.15) is 62.5 Å². The summed E-state index contributed by atoms with van der Waals surface area (Å²) in [5.74, 6) is 1.17. The Labute approximate surface area is 245 Å².